The Morgan fingerprint density at radius 2 is 1.74 bits per heavy atom. The zero-order chi connectivity index (χ0) is 25.0. The highest BCUT2D eigenvalue weighted by molar-refractivity contribution is 7.89. The van der Waals surface area contributed by atoms with Crippen molar-refractivity contribution < 1.29 is 13.2 Å². The van der Waals surface area contributed by atoms with E-state index in [1.54, 1.807) is 47.7 Å². The molecule has 1 N–H and O–H groups in total. The zero-order valence-electron chi connectivity index (χ0n) is 18.6. The molecule has 0 spiro atoms. The minimum atomic E-state index is -4.00. The molecule has 0 fully saturated rings. The molecule has 4 aromatic rings. The first-order chi connectivity index (χ1) is 16.7. The highest BCUT2D eigenvalue weighted by Gasteiger charge is 2.27. The molecule has 0 bridgehead atoms. The van der Waals surface area contributed by atoms with Crippen molar-refractivity contribution >= 4 is 56.2 Å². The van der Waals surface area contributed by atoms with E-state index in [0.717, 1.165) is 20.6 Å². The maximum Gasteiger partial charge on any atom is 0.243 e. The fourth-order valence-electron chi connectivity index (χ4n) is 3.43. The van der Waals surface area contributed by atoms with Crippen LogP contribution in [0.5, 0.6) is 0 Å². The molecule has 35 heavy (non-hydrogen) atoms. The summed E-state index contributed by atoms with van der Waals surface area (Å²) in [4.78, 5) is 17.5. The molecule has 3 aromatic carbocycles. The molecule has 0 atom stereocenters. The summed E-state index contributed by atoms with van der Waals surface area (Å²) in [6.45, 7) is 1.50. The molecular formula is C25H21Cl2N3O3S2. The Morgan fingerprint density at radius 3 is 2.43 bits per heavy atom. The molecule has 1 heterocycles. The van der Waals surface area contributed by atoms with Crippen molar-refractivity contribution in [2.75, 3.05) is 11.9 Å². The van der Waals surface area contributed by atoms with E-state index in [0.29, 0.717) is 21.3 Å². The van der Waals surface area contributed by atoms with Crippen molar-refractivity contribution in [3.8, 4) is 11.3 Å². The van der Waals surface area contributed by atoms with Crippen molar-refractivity contribution in [2.45, 2.75) is 18.4 Å². The molecular weight excluding hydrogens is 525 g/mol. The van der Waals surface area contributed by atoms with E-state index in [1.165, 1.54) is 24.3 Å². The molecule has 0 aliphatic rings. The number of amides is 1. The molecule has 0 aliphatic carbocycles. The smallest absolute Gasteiger partial charge is 0.243 e. The number of hydrogen-bond acceptors (Lipinski definition) is 5. The fourth-order valence-corrected chi connectivity index (χ4v) is 5.78. The van der Waals surface area contributed by atoms with E-state index in [4.69, 9.17) is 23.2 Å². The van der Waals surface area contributed by atoms with Gasteiger partial charge in [0.05, 0.1) is 22.1 Å². The van der Waals surface area contributed by atoms with Gasteiger partial charge in [-0.2, -0.15) is 4.31 Å². The minimum absolute atomic E-state index is 0.0307. The van der Waals surface area contributed by atoms with E-state index < -0.39 is 22.5 Å². The summed E-state index contributed by atoms with van der Waals surface area (Å²) in [6, 6.07) is 20.0. The standard InChI is InChI=1S/C25H21Cl2N3O3S2/c1-17-28-24(16-34-17)19-5-3-7-22(13-19)29-25(31)15-30(14-18-4-2-6-21(27)12-18)35(32,33)23-10-8-20(26)9-11-23/h2-13,16H,14-15H2,1H3,(H,29,31). The van der Waals surface area contributed by atoms with E-state index in [-0.39, 0.29) is 11.4 Å². The van der Waals surface area contributed by atoms with Crippen LogP contribution in [0.25, 0.3) is 11.3 Å². The van der Waals surface area contributed by atoms with Gasteiger partial charge in [-0.05, 0) is 61.0 Å². The third-order valence-electron chi connectivity index (χ3n) is 5.08. The van der Waals surface area contributed by atoms with Crippen LogP contribution in [-0.4, -0.2) is 30.2 Å². The van der Waals surface area contributed by atoms with Gasteiger partial charge in [-0.25, -0.2) is 13.4 Å². The number of carbonyl (C=O) groups is 1. The molecule has 0 saturated carbocycles. The summed E-state index contributed by atoms with van der Waals surface area (Å²) >= 11 is 13.6. The second-order valence-corrected chi connectivity index (χ2v) is 11.6. The summed E-state index contributed by atoms with van der Waals surface area (Å²) in [6.07, 6.45) is 0. The van der Waals surface area contributed by atoms with Gasteiger partial charge in [0.2, 0.25) is 15.9 Å². The first kappa shape index (κ1) is 25.3. The molecule has 0 aliphatic heterocycles. The van der Waals surface area contributed by atoms with E-state index in [9.17, 15) is 13.2 Å². The van der Waals surface area contributed by atoms with Crippen LogP contribution in [0.4, 0.5) is 5.69 Å². The minimum Gasteiger partial charge on any atom is -0.325 e. The van der Waals surface area contributed by atoms with Gasteiger partial charge in [0, 0.05) is 33.2 Å². The molecule has 10 heteroatoms. The second kappa shape index (κ2) is 10.9. The molecule has 1 amide bonds. The number of nitrogens with zero attached hydrogens (tertiary/aromatic N) is 2. The van der Waals surface area contributed by atoms with Crippen LogP contribution in [0.2, 0.25) is 10.0 Å². The summed E-state index contributed by atoms with van der Waals surface area (Å²) < 4.78 is 28.0. The number of aromatic nitrogens is 1. The second-order valence-electron chi connectivity index (χ2n) is 7.74. The zero-order valence-corrected chi connectivity index (χ0v) is 21.8. The number of carbonyl (C=O) groups excluding carboxylic acids is 1. The summed E-state index contributed by atoms with van der Waals surface area (Å²) in [5.74, 6) is -0.476. The van der Waals surface area contributed by atoms with Crippen LogP contribution in [-0.2, 0) is 21.4 Å². The Kier molecular flexibility index (Phi) is 7.88. The normalized spacial score (nSPS) is 11.5. The lowest BCUT2D eigenvalue weighted by molar-refractivity contribution is -0.116. The summed E-state index contributed by atoms with van der Waals surface area (Å²) in [5.41, 5.74) is 2.88. The SMILES string of the molecule is Cc1nc(-c2cccc(NC(=O)CN(Cc3cccc(Cl)c3)S(=O)(=O)c3ccc(Cl)cc3)c2)cs1. The lowest BCUT2D eigenvalue weighted by atomic mass is 10.1. The topological polar surface area (TPSA) is 79.4 Å². The van der Waals surface area contributed by atoms with Gasteiger partial charge in [0.15, 0.2) is 0 Å². The van der Waals surface area contributed by atoms with Gasteiger partial charge in [0.1, 0.15) is 0 Å². The van der Waals surface area contributed by atoms with Crippen LogP contribution in [0.3, 0.4) is 0 Å². The Labute approximate surface area is 218 Å². The first-order valence-electron chi connectivity index (χ1n) is 10.5. The summed E-state index contributed by atoms with van der Waals surface area (Å²) in [7, 11) is -4.00. The summed E-state index contributed by atoms with van der Waals surface area (Å²) in [5, 5.41) is 6.58. The van der Waals surface area contributed by atoms with E-state index >= 15 is 0 Å². The number of nitrogens with one attached hydrogen (secondary N) is 1. The number of anilines is 1. The average Bonchev–Trinajstić information content (AvgIpc) is 3.25. The van der Waals surface area contributed by atoms with Crippen LogP contribution in [0, 0.1) is 6.92 Å². The molecule has 1 aromatic heterocycles. The van der Waals surface area contributed by atoms with E-state index in [2.05, 4.69) is 10.3 Å². The molecule has 6 nitrogen and oxygen atoms in total. The maximum atomic E-state index is 13.4. The molecule has 180 valence electrons. The Morgan fingerprint density at radius 1 is 1.00 bits per heavy atom. The molecule has 0 radical (unpaired) electrons. The monoisotopic (exact) mass is 545 g/mol. The largest absolute Gasteiger partial charge is 0.325 e. The molecule has 4 rings (SSSR count). The van der Waals surface area contributed by atoms with Crippen LogP contribution >= 0.6 is 34.5 Å². The predicted molar refractivity (Wildman–Crippen MR) is 141 cm³/mol. The maximum absolute atomic E-state index is 13.4. The Bertz CT molecular complexity index is 1450. The third kappa shape index (κ3) is 6.48. The van der Waals surface area contributed by atoms with Gasteiger partial charge < -0.3 is 5.32 Å². The van der Waals surface area contributed by atoms with Gasteiger partial charge in [-0.3, -0.25) is 4.79 Å². The van der Waals surface area contributed by atoms with Crippen LogP contribution < -0.4 is 5.32 Å². The Balaban J connectivity index is 1.58. The number of benzene rings is 3. The van der Waals surface area contributed by atoms with Crippen molar-refractivity contribution in [1.29, 1.82) is 0 Å². The van der Waals surface area contributed by atoms with E-state index in [1.807, 2.05) is 24.4 Å². The Hall–Kier alpha value is -2.75. The van der Waals surface area contributed by atoms with Gasteiger partial charge in [0.25, 0.3) is 0 Å². The number of halogens is 2. The van der Waals surface area contributed by atoms with Crippen molar-refractivity contribution in [3.63, 3.8) is 0 Å². The number of sulfonamides is 1. The number of thiazole rings is 1. The highest BCUT2D eigenvalue weighted by Crippen LogP contribution is 2.25. The third-order valence-corrected chi connectivity index (χ3v) is 8.15. The number of aryl methyl sites for hydroxylation is 1. The fraction of sp³-hybridized carbons (Fsp3) is 0.120. The average molecular weight is 547 g/mol. The van der Waals surface area contributed by atoms with Crippen molar-refractivity contribution in [3.05, 3.63) is 98.8 Å². The number of rotatable bonds is 8. The lowest BCUT2D eigenvalue weighted by Crippen LogP contribution is -2.37. The van der Waals surface area contributed by atoms with Crippen LogP contribution in [0.15, 0.2) is 83.1 Å². The van der Waals surface area contributed by atoms with Gasteiger partial charge in [-0.1, -0.05) is 47.5 Å². The quantitative estimate of drug-likeness (QED) is 0.283. The molecule has 0 saturated heterocycles. The number of hydrogen-bond donors (Lipinski definition) is 1. The first-order valence-corrected chi connectivity index (χ1v) is 13.6. The van der Waals surface area contributed by atoms with Gasteiger partial charge in [-0.15, -0.1) is 11.3 Å². The highest BCUT2D eigenvalue weighted by atomic mass is 35.5. The van der Waals surface area contributed by atoms with Crippen LogP contribution in [0.1, 0.15) is 10.6 Å². The van der Waals surface area contributed by atoms with Crippen molar-refractivity contribution in [1.82, 2.24) is 9.29 Å². The van der Waals surface area contributed by atoms with Crippen molar-refractivity contribution in [2.24, 2.45) is 0 Å². The molecule has 0 unspecified atom stereocenters. The predicted octanol–water partition coefficient (Wildman–Crippen LogP) is 6.25. The van der Waals surface area contributed by atoms with Gasteiger partial charge >= 0.3 is 0 Å². The lowest BCUT2D eigenvalue weighted by Gasteiger charge is -2.22.